The molecule has 0 saturated heterocycles. The molecular formula is C10H11FO2. The predicted molar refractivity (Wildman–Crippen MR) is 46.6 cm³/mol. The van der Waals surface area contributed by atoms with Crippen LogP contribution in [-0.2, 0) is 6.42 Å². The molecule has 0 radical (unpaired) electrons. The minimum Gasteiger partial charge on any atom is -0.493 e. The lowest BCUT2D eigenvalue weighted by molar-refractivity contribution is 0.141. The maximum absolute atomic E-state index is 12.1. The quantitative estimate of drug-likeness (QED) is 0.753. The summed E-state index contributed by atoms with van der Waals surface area (Å²) in [6.45, 7) is -0.0514. The molecule has 0 spiro atoms. The standard InChI is InChI=1S/C10H11FO2/c11-6-9(12)7-1-2-10-8(5-7)3-4-13-10/h1-2,5,9,12H,3-4,6H2. The number of hydrogen-bond acceptors (Lipinski definition) is 2. The van der Waals surface area contributed by atoms with E-state index in [2.05, 4.69) is 0 Å². The Labute approximate surface area is 76.0 Å². The lowest BCUT2D eigenvalue weighted by Crippen LogP contribution is -1.99. The van der Waals surface area contributed by atoms with Gasteiger partial charge in [-0.2, -0.15) is 0 Å². The highest BCUT2D eigenvalue weighted by Gasteiger charge is 2.14. The summed E-state index contributed by atoms with van der Waals surface area (Å²) in [7, 11) is 0. The Balaban J connectivity index is 2.30. The van der Waals surface area contributed by atoms with Gasteiger partial charge in [0.2, 0.25) is 0 Å². The maximum atomic E-state index is 12.1. The second-order valence-electron chi connectivity index (χ2n) is 3.14. The molecule has 1 atom stereocenters. The zero-order valence-electron chi connectivity index (χ0n) is 7.16. The number of hydrogen-bond donors (Lipinski definition) is 1. The van der Waals surface area contributed by atoms with Gasteiger partial charge in [-0.15, -0.1) is 0 Å². The first-order valence-corrected chi connectivity index (χ1v) is 4.31. The van der Waals surface area contributed by atoms with Gasteiger partial charge in [0.25, 0.3) is 0 Å². The first-order chi connectivity index (χ1) is 6.31. The second-order valence-corrected chi connectivity index (χ2v) is 3.14. The Morgan fingerprint density at radius 2 is 2.38 bits per heavy atom. The van der Waals surface area contributed by atoms with E-state index in [4.69, 9.17) is 4.74 Å². The van der Waals surface area contributed by atoms with Crippen molar-refractivity contribution >= 4 is 0 Å². The fraction of sp³-hybridized carbons (Fsp3) is 0.400. The van der Waals surface area contributed by atoms with E-state index in [9.17, 15) is 9.50 Å². The molecule has 2 rings (SSSR count). The molecule has 2 nitrogen and oxygen atoms in total. The highest BCUT2D eigenvalue weighted by atomic mass is 19.1. The Bertz CT molecular complexity index is 312. The first kappa shape index (κ1) is 8.51. The molecule has 0 fully saturated rings. The molecule has 0 amide bonds. The van der Waals surface area contributed by atoms with Gasteiger partial charge < -0.3 is 9.84 Å². The summed E-state index contributed by atoms with van der Waals surface area (Å²) < 4.78 is 17.4. The average Bonchev–Trinajstić information content (AvgIpc) is 2.63. The summed E-state index contributed by atoms with van der Waals surface area (Å²) in [5.41, 5.74) is 1.69. The molecule has 0 bridgehead atoms. The van der Waals surface area contributed by atoms with Crippen LogP contribution in [-0.4, -0.2) is 18.4 Å². The number of ether oxygens (including phenoxy) is 1. The Kier molecular flexibility index (Phi) is 2.19. The number of alkyl halides is 1. The molecule has 13 heavy (non-hydrogen) atoms. The predicted octanol–water partition coefficient (Wildman–Crippen LogP) is 1.62. The van der Waals surface area contributed by atoms with Crippen LogP contribution in [0.2, 0.25) is 0 Å². The van der Waals surface area contributed by atoms with Gasteiger partial charge in [-0.05, 0) is 23.3 Å². The minimum absolute atomic E-state index is 0.631. The van der Waals surface area contributed by atoms with Gasteiger partial charge in [0.1, 0.15) is 18.5 Å². The summed E-state index contributed by atoms with van der Waals surface area (Å²) in [5.74, 6) is 0.856. The normalized spacial score (nSPS) is 16.5. The molecule has 1 N–H and O–H groups in total. The molecular weight excluding hydrogens is 171 g/mol. The van der Waals surface area contributed by atoms with Crippen LogP contribution in [0.1, 0.15) is 17.2 Å². The molecule has 0 aromatic heterocycles. The molecule has 1 unspecified atom stereocenters. The Hall–Kier alpha value is -1.09. The maximum Gasteiger partial charge on any atom is 0.122 e. The first-order valence-electron chi connectivity index (χ1n) is 4.31. The molecule has 1 aromatic carbocycles. The van der Waals surface area contributed by atoms with Crippen molar-refractivity contribution in [3.05, 3.63) is 29.3 Å². The van der Waals surface area contributed by atoms with E-state index in [0.717, 1.165) is 17.7 Å². The zero-order valence-corrected chi connectivity index (χ0v) is 7.16. The van der Waals surface area contributed by atoms with E-state index in [1.54, 1.807) is 12.1 Å². The fourth-order valence-electron chi connectivity index (χ4n) is 1.50. The number of halogens is 1. The van der Waals surface area contributed by atoms with E-state index < -0.39 is 12.8 Å². The minimum atomic E-state index is -0.995. The Morgan fingerprint density at radius 3 is 3.15 bits per heavy atom. The molecule has 70 valence electrons. The summed E-state index contributed by atoms with van der Waals surface area (Å²) in [6.07, 6.45) is -0.145. The SMILES string of the molecule is OC(CF)c1ccc2c(c1)CCO2. The third-order valence-electron chi connectivity index (χ3n) is 2.24. The van der Waals surface area contributed by atoms with Crippen molar-refractivity contribution in [2.45, 2.75) is 12.5 Å². The summed E-state index contributed by atoms with van der Waals surface area (Å²) in [6, 6.07) is 5.30. The van der Waals surface area contributed by atoms with Crippen LogP contribution < -0.4 is 4.74 Å². The van der Waals surface area contributed by atoms with Gasteiger partial charge in [-0.1, -0.05) is 6.07 Å². The van der Waals surface area contributed by atoms with Gasteiger partial charge in [0.15, 0.2) is 0 Å². The lowest BCUT2D eigenvalue weighted by atomic mass is 10.1. The molecule has 1 aliphatic rings. The van der Waals surface area contributed by atoms with Crippen LogP contribution >= 0.6 is 0 Å². The van der Waals surface area contributed by atoms with Crippen LogP contribution in [0.15, 0.2) is 18.2 Å². The summed E-state index contributed by atoms with van der Waals surface area (Å²) >= 11 is 0. The highest BCUT2D eigenvalue weighted by Crippen LogP contribution is 2.28. The van der Waals surface area contributed by atoms with Crippen LogP contribution in [0.4, 0.5) is 4.39 Å². The third-order valence-corrected chi connectivity index (χ3v) is 2.24. The van der Waals surface area contributed by atoms with Gasteiger partial charge in [0.05, 0.1) is 6.61 Å². The molecule has 0 saturated carbocycles. The zero-order chi connectivity index (χ0) is 9.26. The van der Waals surface area contributed by atoms with Crippen molar-refractivity contribution in [1.82, 2.24) is 0 Å². The van der Waals surface area contributed by atoms with Crippen LogP contribution in [0, 0.1) is 0 Å². The monoisotopic (exact) mass is 182 g/mol. The molecule has 1 aromatic rings. The molecule has 3 heteroatoms. The smallest absolute Gasteiger partial charge is 0.122 e. The number of aliphatic hydroxyl groups excluding tert-OH is 1. The summed E-state index contributed by atoms with van der Waals surface area (Å²) in [4.78, 5) is 0. The second kappa shape index (κ2) is 3.34. The number of benzene rings is 1. The largest absolute Gasteiger partial charge is 0.493 e. The van der Waals surface area contributed by atoms with Crippen molar-refractivity contribution < 1.29 is 14.2 Å². The van der Waals surface area contributed by atoms with Gasteiger partial charge in [0, 0.05) is 6.42 Å². The third kappa shape index (κ3) is 1.52. The van der Waals surface area contributed by atoms with E-state index in [1.807, 2.05) is 6.07 Å². The van der Waals surface area contributed by atoms with Crippen molar-refractivity contribution in [2.75, 3.05) is 13.3 Å². The van der Waals surface area contributed by atoms with Crippen molar-refractivity contribution in [3.8, 4) is 5.75 Å². The topological polar surface area (TPSA) is 29.5 Å². The van der Waals surface area contributed by atoms with Gasteiger partial charge >= 0.3 is 0 Å². The van der Waals surface area contributed by atoms with Crippen LogP contribution in [0.3, 0.4) is 0 Å². The van der Waals surface area contributed by atoms with Crippen molar-refractivity contribution in [1.29, 1.82) is 0 Å². The molecule has 1 heterocycles. The van der Waals surface area contributed by atoms with E-state index >= 15 is 0 Å². The van der Waals surface area contributed by atoms with Crippen LogP contribution in [0.5, 0.6) is 5.75 Å². The Morgan fingerprint density at radius 1 is 1.54 bits per heavy atom. The van der Waals surface area contributed by atoms with Crippen molar-refractivity contribution in [3.63, 3.8) is 0 Å². The molecule has 1 aliphatic heterocycles. The summed E-state index contributed by atoms with van der Waals surface area (Å²) in [5, 5.41) is 9.24. The average molecular weight is 182 g/mol. The van der Waals surface area contributed by atoms with E-state index in [0.29, 0.717) is 12.2 Å². The van der Waals surface area contributed by atoms with E-state index in [-0.39, 0.29) is 0 Å². The number of fused-ring (bicyclic) bond motifs is 1. The van der Waals surface area contributed by atoms with Gasteiger partial charge in [-0.25, -0.2) is 4.39 Å². The molecule has 0 aliphatic carbocycles. The highest BCUT2D eigenvalue weighted by molar-refractivity contribution is 5.40. The van der Waals surface area contributed by atoms with Crippen molar-refractivity contribution in [2.24, 2.45) is 0 Å². The van der Waals surface area contributed by atoms with Gasteiger partial charge in [-0.3, -0.25) is 0 Å². The van der Waals surface area contributed by atoms with E-state index in [1.165, 1.54) is 0 Å². The number of rotatable bonds is 2. The fourth-order valence-corrected chi connectivity index (χ4v) is 1.50. The number of aliphatic hydroxyl groups is 1. The lowest BCUT2D eigenvalue weighted by Gasteiger charge is -2.07. The van der Waals surface area contributed by atoms with Crippen LogP contribution in [0.25, 0.3) is 0 Å².